The summed E-state index contributed by atoms with van der Waals surface area (Å²) >= 11 is 0. The minimum atomic E-state index is -0.0442. The molecule has 1 aromatic carbocycles. The van der Waals surface area contributed by atoms with Gasteiger partial charge in [-0.3, -0.25) is 4.79 Å². The average molecular weight is 235 g/mol. The van der Waals surface area contributed by atoms with Crippen LogP contribution in [-0.4, -0.2) is 30.8 Å². The van der Waals surface area contributed by atoms with Crippen molar-refractivity contribution in [2.24, 2.45) is 5.92 Å². The molecule has 1 aliphatic rings. The number of carbonyl (C=O) groups is 1. The van der Waals surface area contributed by atoms with E-state index >= 15 is 0 Å². The molecule has 0 bridgehead atoms. The second-order valence-corrected chi connectivity index (χ2v) is 4.16. The molecule has 1 heterocycles. The number of phenolic OH excluding ortho intramolecular Hbond substituents is 1. The minimum absolute atomic E-state index is 0.0442. The summed E-state index contributed by atoms with van der Waals surface area (Å²) in [4.78, 5) is 13.9. The van der Waals surface area contributed by atoms with Crippen LogP contribution in [0.25, 0.3) is 0 Å². The predicted octanol–water partition coefficient (Wildman–Crippen LogP) is 1.78. The van der Waals surface area contributed by atoms with E-state index in [1.807, 2.05) is 13.0 Å². The Morgan fingerprint density at radius 3 is 3.00 bits per heavy atom. The lowest BCUT2D eigenvalue weighted by atomic mass is 10.1. The first-order chi connectivity index (χ1) is 8.22. The Morgan fingerprint density at radius 1 is 1.59 bits per heavy atom. The number of benzene rings is 1. The fourth-order valence-electron chi connectivity index (χ4n) is 2.08. The van der Waals surface area contributed by atoms with Gasteiger partial charge in [-0.1, -0.05) is 6.07 Å². The molecule has 0 spiro atoms. The topological polar surface area (TPSA) is 49.8 Å². The Morgan fingerprint density at radius 2 is 2.41 bits per heavy atom. The van der Waals surface area contributed by atoms with Crippen molar-refractivity contribution in [2.45, 2.75) is 13.3 Å². The molecule has 0 aliphatic carbocycles. The number of hydrogen-bond acceptors (Lipinski definition) is 3. The predicted molar refractivity (Wildman–Crippen MR) is 65.1 cm³/mol. The van der Waals surface area contributed by atoms with Crippen LogP contribution >= 0.6 is 0 Å². The summed E-state index contributed by atoms with van der Waals surface area (Å²) in [5.74, 6) is 0.212. The second-order valence-electron chi connectivity index (χ2n) is 4.16. The number of aromatic hydroxyl groups is 1. The van der Waals surface area contributed by atoms with Gasteiger partial charge in [0.2, 0.25) is 5.91 Å². The van der Waals surface area contributed by atoms with E-state index in [-0.39, 0.29) is 17.6 Å². The third-order valence-electron chi connectivity index (χ3n) is 3.00. The summed E-state index contributed by atoms with van der Waals surface area (Å²) in [5, 5.41) is 9.44. The lowest BCUT2D eigenvalue weighted by molar-refractivity contribution is -0.122. The van der Waals surface area contributed by atoms with Crippen molar-refractivity contribution in [2.75, 3.05) is 24.7 Å². The summed E-state index contributed by atoms with van der Waals surface area (Å²) in [7, 11) is 0. The molecule has 2 rings (SSSR count). The van der Waals surface area contributed by atoms with Gasteiger partial charge in [0.15, 0.2) is 0 Å². The van der Waals surface area contributed by atoms with Crippen LogP contribution in [-0.2, 0) is 9.53 Å². The van der Waals surface area contributed by atoms with Crippen LogP contribution in [0.2, 0.25) is 0 Å². The molecule has 92 valence electrons. The van der Waals surface area contributed by atoms with Crippen LogP contribution in [0.5, 0.6) is 5.75 Å². The SMILES string of the molecule is CCN(C(=O)C1CCOC1)c1cccc(O)c1. The lowest BCUT2D eigenvalue weighted by Gasteiger charge is -2.23. The van der Waals surface area contributed by atoms with E-state index in [2.05, 4.69) is 0 Å². The smallest absolute Gasteiger partial charge is 0.232 e. The maximum Gasteiger partial charge on any atom is 0.232 e. The molecule has 1 N–H and O–H groups in total. The van der Waals surface area contributed by atoms with Crippen molar-refractivity contribution in [1.29, 1.82) is 0 Å². The van der Waals surface area contributed by atoms with Gasteiger partial charge in [-0.25, -0.2) is 0 Å². The second kappa shape index (κ2) is 5.19. The highest BCUT2D eigenvalue weighted by Crippen LogP contribution is 2.24. The van der Waals surface area contributed by atoms with Crippen LogP contribution in [0.1, 0.15) is 13.3 Å². The maximum atomic E-state index is 12.3. The zero-order valence-corrected chi connectivity index (χ0v) is 9.93. The van der Waals surface area contributed by atoms with Crippen molar-refractivity contribution in [3.05, 3.63) is 24.3 Å². The highest BCUT2D eigenvalue weighted by Gasteiger charge is 2.28. The molecule has 1 aromatic rings. The van der Waals surface area contributed by atoms with Gasteiger partial charge < -0.3 is 14.7 Å². The van der Waals surface area contributed by atoms with E-state index < -0.39 is 0 Å². The number of carbonyl (C=O) groups excluding carboxylic acids is 1. The number of phenols is 1. The van der Waals surface area contributed by atoms with Crippen molar-refractivity contribution in [3.63, 3.8) is 0 Å². The highest BCUT2D eigenvalue weighted by molar-refractivity contribution is 5.95. The van der Waals surface area contributed by atoms with Gasteiger partial charge in [-0.15, -0.1) is 0 Å². The Balaban J connectivity index is 2.17. The molecule has 4 nitrogen and oxygen atoms in total. The van der Waals surface area contributed by atoms with E-state index in [1.54, 1.807) is 23.1 Å². The van der Waals surface area contributed by atoms with E-state index in [0.29, 0.717) is 19.8 Å². The summed E-state index contributed by atoms with van der Waals surface area (Å²) in [6, 6.07) is 6.78. The third kappa shape index (κ3) is 2.58. The van der Waals surface area contributed by atoms with Gasteiger partial charge in [0.25, 0.3) is 0 Å². The Bertz CT molecular complexity index is 399. The molecular formula is C13H17NO3. The Labute approximate surface area is 101 Å². The largest absolute Gasteiger partial charge is 0.508 e. The fraction of sp³-hybridized carbons (Fsp3) is 0.462. The molecule has 1 atom stereocenters. The van der Waals surface area contributed by atoms with Crippen molar-refractivity contribution in [1.82, 2.24) is 0 Å². The maximum absolute atomic E-state index is 12.3. The first kappa shape index (κ1) is 11.9. The van der Waals surface area contributed by atoms with Crippen LogP contribution in [0.3, 0.4) is 0 Å². The molecule has 1 unspecified atom stereocenters. The third-order valence-corrected chi connectivity index (χ3v) is 3.00. The number of nitrogens with zero attached hydrogens (tertiary/aromatic N) is 1. The normalized spacial score (nSPS) is 19.2. The van der Waals surface area contributed by atoms with Crippen LogP contribution in [0.4, 0.5) is 5.69 Å². The van der Waals surface area contributed by atoms with Crippen LogP contribution in [0, 0.1) is 5.92 Å². The summed E-state index contributed by atoms with van der Waals surface area (Å²) in [6.45, 7) is 3.69. The van der Waals surface area contributed by atoms with Gasteiger partial charge in [0.1, 0.15) is 5.75 Å². The monoisotopic (exact) mass is 235 g/mol. The lowest BCUT2D eigenvalue weighted by Crippen LogP contribution is -2.36. The number of amides is 1. The molecular weight excluding hydrogens is 218 g/mol. The Hall–Kier alpha value is -1.55. The molecule has 4 heteroatoms. The van der Waals surface area contributed by atoms with E-state index in [0.717, 1.165) is 12.1 Å². The number of rotatable bonds is 3. The average Bonchev–Trinajstić information content (AvgIpc) is 2.83. The molecule has 1 aliphatic heterocycles. The molecule has 17 heavy (non-hydrogen) atoms. The minimum Gasteiger partial charge on any atom is -0.508 e. The zero-order chi connectivity index (χ0) is 12.3. The number of ether oxygens (including phenoxy) is 1. The highest BCUT2D eigenvalue weighted by atomic mass is 16.5. The summed E-state index contributed by atoms with van der Waals surface area (Å²) in [6.07, 6.45) is 0.786. The molecule has 1 fully saturated rings. The first-order valence-electron chi connectivity index (χ1n) is 5.90. The Kier molecular flexibility index (Phi) is 3.64. The van der Waals surface area contributed by atoms with Crippen LogP contribution < -0.4 is 4.90 Å². The molecule has 0 radical (unpaired) electrons. The quantitative estimate of drug-likeness (QED) is 0.868. The van der Waals surface area contributed by atoms with Gasteiger partial charge in [0, 0.05) is 24.9 Å². The van der Waals surface area contributed by atoms with Crippen LogP contribution in [0.15, 0.2) is 24.3 Å². The van der Waals surface area contributed by atoms with E-state index in [9.17, 15) is 9.90 Å². The zero-order valence-electron chi connectivity index (χ0n) is 9.93. The van der Waals surface area contributed by atoms with Gasteiger partial charge in [0.05, 0.1) is 12.5 Å². The van der Waals surface area contributed by atoms with E-state index in [4.69, 9.17) is 4.74 Å². The van der Waals surface area contributed by atoms with Crippen molar-refractivity contribution < 1.29 is 14.6 Å². The number of hydrogen-bond donors (Lipinski definition) is 1. The van der Waals surface area contributed by atoms with E-state index in [1.165, 1.54) is 0 Å². The van der Waals surface area contributed by atoms with Gasteiger partial charge in [-0.2, -0.15) is 0 Å². The number of anilines is 1. The molecule has 1 saturated heterocycles. The molecule has 1 amide bonds. The molecule has 0 saturated carbocycles. The summed E-state index contributed by atoms with van der Waals surface area (Å²) in [5.41, 5.74) is 0.740. The first-order valence-corrected chi connectivity index (χ1v) is 5.90. The molecule has 0 aromatic heterocycles. The standard InChI is InChI=1S/C13H17NO3/c1-2-14(11-4-3-5-12(15)8-11)13(16)10-6-7-17-9-10/h3-5,8,10,15H,2,6-7,9H2,1H3. The summed E-state index contributed by atoms with van der Waals surface area (Å²) < 4.78 is 5.24. The van der Waals surface area contributed by atoms with Crippen molar-refractivity contribution in [3.8, 4) is 5.75 Å². The van der Waals surface area contributed by atoms with Crippen molar-refractivity contribution >= 4 is 11.6 Å². The fourth-order valence-corrected chi connectivity index (χ4v) is 2.08. The van der Waals surface area contributed by atoms with Gasteiger partial charge in [-0.05, 0) is 25.5 Å². The van der Waals surface area contributed by atoms with Gasteiger partial charge >= 0.3 is 0 Å².